The molecule has 0 aliphatic carbocycles. The topological polar surface area (TPSA) is 73.8 Å². The summed E-state index contributed by atoms with van der Waals surface area (Å²) in [5, 5.41) is 6.20. The normalized spacial score (nSPS) is 18.2. The molecule has 0 spiro atoms. The highest BCUT2D eigenvalue weighted by Gasteiger charge is 2.31. The number of nitrogens with one attached hydrogen (secondary N) is 2. The fourth-order valence-corrected chi connectivity index (χ4v) is 3.02. The molecule has 1 atom stereocenters. The predicted octanol–water partition coefficient (Wildman–Crippen LogP) is 2.15. The molecule has 0 saturated carbocycles. The van der Waals surface area contributed by atoms with E-state index >= 15 is 0 Å². The lowest BCUT2D eigenvalue weighted by Crippen LogP contribution is -2.50. The number of anilines is 1. The standard InChI is InChI=1S/C17H26F2N4O2S.HI/c1-17(2,26(4,24)25)11-21-16(20-3)22-12-8-9-23(10-12)15-13(18)6-5-7-14(15)19;/h5-7,12H,8-11H2,1-4H3,(H2,20,21,22);1H. The van der Waals surface area contributed by atoms with Crippen molar-refractivity contribution in [1.82, 2.24) is 10.6 Å². The van der Waals surface area contributed by atoms with Crippen molar-refractivity contribution < 1.29 is 17.2 Å². The van der Waals surface area contributed by atoms with Gasteiger partial charge >= 0.3 is 0 Å². The van der Waals surface area contributed by atoms with Crippen LogP contribution in [0.2, 0.25) is 0 Å². The van der Waals surface area contributed by atoms with E-state index in [1.165, 1.54) is 24.5 Å². The highest BCUT2D eigenvalue weighted by atomic mass is 127. The molecule has 0 aromatic heterocycles. The van der Waals surface area contributed by atoms with Crippen molar-refractivity contribution in [3.05, 3.63) is 29.8 Å². The summed E-state index contributed by atoms with van der Waals surface area (Å²) < 4.78 is 50.5. The van der Waals surface area contributed by atoms with Crippen molar-refractivity contribution in [1.29, 1.82) is 0 Å². The van der Waals surface area contributed by atoms with E-state index in [-0.39, 0.29) is 42.3 Å². The van der Waals surface area contributed by atoms with Crippen molar-refractivity contribution in [2.24, 2.45) is 4.99 Å². The molecule has 10 heteroatoms. The zero-order valence-corrected chi connectivity index (χ0v) is 19.1. The first-order valence-corrected chi connectivity index (χ1v) is 10.3. The van der Waals surface area contributed by atoms with Crippen LogP contribution in [-0.4, -0.2) is 58.1 Å². The molecule has 154 valence electrons. The number of benzene rings is 1. The van der Waals surface area contributed by atoms with E-state index in [1.807, 2.05) is 0 Å². The van der Waals surface area contributed by atoms with Gasteiger partial charge in [-0.2, -0.15) is 0 Å². The van der Waals surface area contributed by atoms with E-state index in [0.29, 0.717) is 25.5 Å². The van der Waals surface area contributed by atoms with Gasteiger partial charge in [0.25, 0.3) is 0 Å². The summed E-state index contributed by atoms with van der Waals surface area (Å²) in [7, 11) is -1.64. The SMILES string of the molecule is CN=C(NCC(C)(C)S(C)(=O)=O)NC1CCN(c2c(F)cccc2F)C1.I. The molecule has 0 bridgehead atoms. The van der Waals surface area contributed by atoms with Crippen molar-refractivity contribution >= 4 is 45.5 Å². The summed E-state index contributed by atoms with van der Waals surface area (Å²) in [6.07, 6.45) is 1.88. The lowest BCUT2D eigenvalue weighted by molar-refractivity contribution is 0.542. The Morgan fingerprint density at radius 3 is 2.44 bits per heavy atom. The van der Waals surface area contributed by atoms with Gasteiger partial charge in [0.05, 0.1) is 4.75 Å². The molecule has 1 aliphatic rings. The molecule has 0 amide bonds. The third-order valence-corrected chi connectivity index (χ3v) is 6.84. The largest absolute Gasteiger partial charge is 0.365 e. The van der Waals surface area contributed by atoms with Crippen LogP contribution < -0.4 is 15.5 Å². The van der Waals surface area contributed by atoms with Gasteiger partial charge in [-0.15, -0.1) is 24.0 Å². The van der Waals surface area contributed by atoms with Gasteiger partial charge in [0.15, 0.2) is 15.8 Å². The van der Waals surface area contributed by atoms with Crippen LogP contribution in [-0.2, 0) is 9.84 Å². The second-order valence-corrected chi connectivity index (χ2v) is 9.75. The molecule has 1 unspecified atom stereocenters. The van der Waals surface area contributed by atoms with Gasteiger partial charge in [-0.3, -0.25) is 4.99 Å². The maximum absolute atomic E-state index is 13.9. The molecule has 2 rings (SSSR count). The first-order chi connectivity index (χ1) is 12.0. The van der Waals surface area contributed by atoms with Crippen LogP contribution in [0.15, 0.2) is 23.2 Å². The molecule has 1 fully saturated rings. The Kier molecular flexibility index (Phi) is 8.27. The van der Waals surface area contributed by atoms with Gasteiger partial charge < -0.3 is 15.5 Å². The highest BCUT2D eigenvalue weighted by molar-refractivity contribution is 14.0. The van der Waals surface area contributed by atoms with Gasteiger partial charge in [0.1, 0.15) is 17.3 Å². The Hall–Kier alpha value is -1.17. The van der Waals surface area contributed by atoms with E-state index in [2.05, 4.69) is 15.6 Å². The molecule has 1 aliphatic heterocycles. The summed E-state index contributed by atoms with van der Waals surface area (Å²) >= 11 is 0. The maximum atomic E-state index is 13.9. The first kappa shape index (κ1) is 23.9. The number of guanidine groups is 1. The van der Waals surface area contributed by atoms with E-state index in [4.69, 9.17) is 0 Å². The van der Waals surface area contributed by atoms with Crippen LogP contribution in [0.5, 0.6) is 0 Å². The Morgan fingerprint density at radius 1 is 1.33 bits per heavy atom. The van der Waals surface area contributed by atoms with Gasteiger partial charge in [0.2, 0.25) is 0 Å². The van der Waals surface area contributed by atoms with Crippen LogP contribution in [0.4, 0.5) is 14.5 Å². The number of para-hydroxylation sites is 1. The fourth-order valence-electron chi connectivity index (χ4n) is 2.69. The molecular weight excluding hydrogens is 489 g/mol. The molecule has 1 heterocycles. The lowest BCUT2D eigenvalue weighted by Gasteiger charge is -2.25. The molecule has 1 saturated heterocycles. The van der Waals surface area contributed by atoms with Crippen LogP contribution in [0.1, 0.15) is 20.3 Å². The van der Waals surface area contributed by atoms with Gasteiger partial charge in [0, 0.05) is 39.0 Å². The molecule has 27 heavy (non-hydrogen) atoms. The summed E-state index contributed by atoms with van der Waals surface area (Å²) in [6.45, 7) is 4.42. The number of aliphatic imine (C=N–C) groups is 1. The molecule has 6 nitrogen and oxygen atoms in total. The Morgan fingerprint density at radius 2 is 1.93 bits per heavy atom. The molecule has 1 aromatic rings. The average molecular weight is 516 g/mol. The molecular formula is C17H27F2IN4O2S. The van der Waals surface area contributed by atoms with E-state index in [0.717, 1.165) is 0 Å². The zero-order valence-electron chi connectivity index (χ0n) is 15.9. The van der Waals surface area contributed by atoms with Crippen molar-refractivity contribution in [3.63, 3.8) is 0 Å². The second-order valence-electron chi connectivity index (χ2n) is 7.10. The van der Waals surface area contributed by atoms with Crippen molar-refractivity contribution in [3.8, 4) is 0 Å². The quantitative estimate of drug-likeness (QED) is 0.357. The van der Waals surface area contributed by atoms with Crippen molar-refractivity contribution in [2.75, 3.05) is 37.8 Å². The lowest BCUT2D eigenvalue weighted by atomic mass is 10.2. The fraction of sp³-hybridized carbons (Fsp3) is 0.588. The predicted molar refractivity (Wildman–Crippen MR) is 116 cm³/mol. The second kappa shape index (κ2) is 9.35. The Labute approximate surface area is 176 Å². The summed E-state index contributed by atoms with van der Waals surface area (Å²) in [4.78, 5) is 5.77. The van der Waals surface area contributed by atoms with Crippen LogP contribution in [0, 0.1) is 11.6 Å². The molecule has 1 aromatic carbocycles. The zero-order chi connectivity index (χ0) is 19.5. The third-order valence-electron chi connectivity index (χ3n) is 4.69. The van der Waals surface area contributed by atoms with E-state index in [1.54, 1.807) is 25.8 Å². The summed E-state index contributed by atoms with van der Waals surface area (Å²) in [5.74, 6) is -0.700. The van der Waals surface area contributed by atoms with Crippen LogP contribution in [0.25, 0.3) is 0 Å². The number of rotatable bonds is 5. The maximum Gasteiger partial charge on any atom is 0.191 e. The van der Waals surface area contributed by atoms with Crippen molar-refractivity contribution in [2.45, 2.75) is 31.1 Å². The Bertz CT molecular complexity index is 767. The van der Waals surface area contributed by atoms with Gasteiger partial charge in [-0.25, -0.2) is 17.2 Å². The van der Waals surface area contributed by atoms with E-state index in [9.17, 15) is 17.2 Å². The smallest absolute Gasteiger partial charge is 0.191 e. The number of hydrogen-bond acceptors (Lipinski definition) is 4. The number of halogens is 3. The van der Waals surface area contributed by atoms with Crippen LogP contribution in [0.3, 0.4) is 0 Å². The van der Waals surface area contributed by atoms with Crippen LogP contribution >= 0.6 is 24.0 Å². The minimum absolute atomic E-state index is 0. The average Bonchev–Trinajstić information content (AvgIpc) is 2.98. The third kappa shape index (κ3) is 5.90. The number of sulfone groups is 1. The Balaban J connectivity index is 0.00000364. The monoisotopic (exact) mass is 516 g/mol. The minimum Gasteiger partial charge on any atom is -0.365 e. The van der Waals surface area contributed by atoms with Gasteiger partial charge in [-0.1, -0.05) is 6.07 Å². The highest BCUT2D eigenvalue weighted by Crippen LogP contribution is 2.26. The van der Waals surface area contributed by atoms with Gasteiger partial charge in [-0.05, 0) is 32.4 Å². The minimum atomic E-state index is -3.22. The van der Waals surface area contributed by atoms with E-state index < -0.39 is 26.2 Å². The molecule has 0 radical (unpaired) electrons. The summed E-state index contributed by atoms with van der Waals surface area (Å²) in [5.41, 5.74) is -0.0158. The molecule has 2 N–H and O–H groups in total. The summed E-state index contributed by atoms with van der Waals surface area (Å²) in [6, 6.07) is 3.77. The number of nitrogens with zero attached hydrogens (tertiary/aromatic N) is 2. The first-order valence-electron chi connectivity index (χ1n) is 8.41. The number of hydrogen-bond donors (Lipinski definition) is 2.